The Hall–Kier alpha value is -3.45. The van der Waals surface area contributed by atoms with E-state index in [-0.39, 0.29) is 22.5 Å². The van der Waals surface area contributed by atoms with E-state index in [0.29, 0.717) is 17.7 Å². The molecule has 1 N–H and O–H groups in total. The van der Waals surface area contributed by atoms with Crippen molar-refractivity contribution in [2.45, 2.75) is 18.9 Å². The van der Waals surface area contributed by atoms with Crippen LogP contribution in [-0.2, 0) is 18.9 Å². The molecule has 182 valence electrons. The summed E-state index contributed by atoms with van der Waals surface area (Å²) in [6.07, 6.45) is -10.0. The van der Waals surface area contributed by atoms with Crippen molar-refractivity contribution in [1.29, 1.82) is 0 Å². The highest BCUT2D eigenvalue weighted by Crippen LogP contribution is 2.37. The molecule has 2 aromatic carbocycles. The van der Waals surface area contributed by atoms with E-state index in [0.717, 1.165) is 4.68 Å². The first-order valence-corrected chi connectivity index (χ1v) is 10.2. The van der Waals surface area contributed by atoms with Crippen LogP contribution in [0.15, 0.2) is 42.5 Å². The third-order valence-electron chi connectivity index (χ3n) is 4.76. The molecule has 0 atom stereocenters. The van der Waals surface area contributed by atoms with Crippen molar-refractivity contribution in [1.82, 2.24) is 30.4 Å². The number of benzene rings is 2. The monoisotopic (exact) mass is 534 g/mol. The van der Waals surface area contributed by atoms with E-state index in [9.17, 15) is 31.1 Å². The van der Waals surface area contributed by atoms with Gasteiger partial charge in [-0.2, -0.15) is 41.8 Å². The van der Waals surface area contributed by atoms with E-state index in [1.165, 1.54) is 0 Å². The van der Waals surface area contributed by atoms with Gasteiger partial charge in [-0.15, -0.1) is 5.10 Å². The van der Waals surface area contributed by atoms with Gasteiger partial charge in [0.15, 0.2) is 16.5 Å². The number of carbonyl (C=O) groups excluding carboxylic acids is 1. The van der Waals surface area contributed by atoms with E-state index >= 15 is 0 Å². The molecular formula is C20H10Cl2F6N6O. The maximum Gasteiger partial charge on any atom is 0.416 e. The minimum atomic E-state index is -5.02. The summed E-state index contributed by atoms with van der Waals surface area (Å²) in [4.78, 5) is 13.0. The molecule has 0 unspecified atom stereocenters. The Morgan fingerprint density at radius 1 is 0.914 bits per heavy atom. The molecule has 0 aliphatic carbocycles. The summed E-state index contributed by atoms with van der Waals surface area (Å²) in [6.45, 7) is -0.623. The Balaban J connectivity index is 1.69. The van der Waals surface area contributed by atoms with Crippen LogP contribution in [0.4, 0.5) is 26.3 Å². The summed E-state index contributed by atoms with van der Waals surface area (Å²) in [5.41, 5.74) is -3.60. The fourth-order valence-corrected chi connectivity index (χ4v) is 3.61. The molecule has 0 fully saturated rings. The standard InChI is InChI=1S/C20H10Cl2F6N6O/c21-13-4-2-1-3-12(13)14-15(30-32-29-14)17(35)16-18(22)34(33-31-16)8-9-5-10(19(23,24)25)7-11(6-9)20(26,27)28/h1-7H,8H2,(H,29,30,32). The summed E-state index contributed by atoms with van der Waals surface area (Å²) in [7, 11) is 0. The topological polar surface area (TPSA) is 89.3 Å². The van der Waals surface area contributed by atoms with E-state index < -0.39 is 52.2 Å². The van der Waals surface area contributed by atoms with Crippen molar-refractivity contribution in [2.24, 2.45) is 0 Å². The summed E-state index contributed by atoms with van der Waals surface area (Å²) in [5.74, 6) is -0.843. The highest BCUT2D eigenvalue weighted by Gasteiger charge is 2.37. The SMILES string of the molecule is O=C(c1n[nH]nc1-c1ccccc1Cl)c1nnn(Cc2cc(C(F)(F)F)cc(C(F)(F)F)c2)c1Cl. The Labute approximate surface area is 201 Å². The van der Waals surface area contributed by atoms with Crippen molar-refractivity contribution in [3.63, 3.8) is 0 Å². The molecule has 0 bridgehead atoms. The van der Waals surface area contributed by atoms with Crippen molar-refractivity contribution in [2.75, 3.05) is 0 Å². The molecule has 7 nitrogen and oxygen atoms in total. The van der Waals surface area contributed by atoms with Crippen molar-refractivity contribution in [3.05, 3.63) is 80.7 Å². The molecule has 0 saturated carbocycles. The lowest BCUT2D eigenvalue weighted by Crippen LogP contribution is -2.13. The fraction of sp³-hybridized carbons (Fsp3) is 0.150. The Kier molecular flexibility index (Phi) is 6.32. The van der Waals surface area contributed by atoms with Crippen LogP contribution >= 0.6 is 23.2 Å². The third-order valence-corrected chi connectivity index (χ3v) is 5.47. The molecule has 2 aromatic heterocycles. The van der Waals surface area contributed by atoms with Gasteiger partial charge in [-0.05, 0) is 29.8 Å². The van der Waals surface area contributed by atoms with Crippen LogP contribution in [0.2, 0.25) is 10.2 Å². The van der Waals surface area contributed by atoms with Crippen LogP contribution in [0.1, 0.15) is 32.9 Å². The molecule has 0 radical (unpaired) electrons. The number of alkyl halides is 6. The van der Waals surface area contributed by atoms with Crippen molar-refractivity contribution >= 4 is 29.0 Å². The van der Waals surface area contributed by atoms with Crippen LogP contribution in [-0.4, -0.2) is 36.2 Å². The number of ketones is 1. The average molecular weight is 535 g/mol. The number of aromatic nitrogens is 6. The molecule has 4 rings (SSSR count). The number of hydrogen-bond acceptors (Lipinski definition) is 5. The number of rotatable bonds is 5. The lowest BCUT2D eigenvalue weighted by atomic mass is 10.0. The molecule has 0 amide bonds. The normalized spacial score (nSPS) is 12.2. The van der Waals surface area contributed by atoms with E-state index in [2.05, 4.69) is 25.7 Å². The first-order valence-electron chi connectivity index (χ1n) is 9.44. The summed E-state index contributed by atoms with van der Waals surface area (Å²) < 4.78 is 79.6. The van der Waals surface area contributed by atoms with Crippen molar-refractivity contribution < 1.29 is 31.1 Å². The molecule has 4 aromatic rings. The number of aromatic amines is 1. The zero-order valence-corrected chi connectivity index (χ0v) is 18.4. The van der Waals surface area contributed by atoms with Gasteiger partial charge in [0.05, 0.1) is 22.7 Å². The van der Waals surface area contributed by atoms with E-state index in [1.54, 1.807) is 24.3 Å². The van der Waals surface area contributed by atoms with Gasteiger partial charge in [-0.3, -0.25) is 4.79 Å². The smallest absolute Gasteiger partial charge is 0.285 e. The Morgan fingerprint density at radius 3 is 2.14 bits per heavy atom. The molecule has 0 saturated heterocycles. The van der Waals surface area contributed by atoms with Gasteiger partial charge in [0, 0.05) is 5.56 Å². The minimum Gasteiger partial charge on any atom is -0.285 e. The van der Waals surface area contributed by atoms with Gasteiger partial charge in [0.25, 0.3) is 0 Å². The molecule has 0 aliphatic heterocycles. The number of halogens is 8. The predicted molar refractivity (Wildman–Crippen MR) is 111 cm³/mol. The first kappa shape index (κ1) is 24.7. The second-order valence-corrected chi connectivity index (χ2v) is 7.90. The highest BCUT2D eigenvalue weighted by molar-refractivity contribution is 6.34. The minimum absolute atomic E-state index is 0.00220. The van der Waals surface area contributed by atoms with E-state index in [4.69, 9.17) is 23.2 Å². The maximum absolute atomic E-state index is 13.1. The van der Waals surface area contributed by atoms with Crippen LogP contribution in [0.5, 0.6) is 0 Å². The van der Waals surface area contributed by atoms with Gasteiger partial charge < -0.3 is 0 Å². The van der Waals surface area contributed by atoms with Gasteiger partial charge in [0.1, 0.15) is 5.69 Å². The molecule has 15 heteroatoms. The zero-order chi connectivity index (χ0) is 25.5. The number of nitrogens with zero attached hydrogens (tertiary/aromatic N) is 5. The lowest BCUT2D eigenvalue weighted by molar-refractivity contribution is -0.143. The largest absolute Gasteiger partial charge is 0.416 e. The molecule has 35 heavy (non-hydrogen) atoms. The Morgan fingerprint density at radius 2 is 1.54 bits per heavy atom. The molecular weight excluding hydrogens is 525 g/mol. The second kappa shape index (κ2) is 8.96. The van der Waals surface area contributed by atoms with Gasteiger partial charge in [0.2, 0.25) is 5.78 Å². The van der Waals surface area contributed by atoms with Gasteiger partial charge in [-0.25, -0.2) is 4.68 Å². The summed E-state index contributed by atoms with van der Waals surface area (Å²) in [6, 6.07) is 7.52. The summed E-state index contributed by atoms with van der Waals surface area (Å²) in [5, 5.41) is 17.1. The molecule has 0 aliphatic rings. The number of nitrogens with one attached hydrogen (secondary N) is 1. The average Bonchev–Trinajstić information content (AvgIpc) is 3.40. The number of H-pyrrole nitrogens is 1. The predicted octanol–water partition coefficient (Wildman–Crippen LogP) is 5.69. The lowest BCUT2D eigenvalue weighted by Gasteiger charge is -2.14. The summed E-state index contributed by atoms with van der Waals surface area (Å²) >= 11 is 12.3. The fourth-order valence-electron chi connectivity index (χ4n) is 3.17. The zero-order valence-electron chi connectivity index (χ0n) is 16.9. The van der Waals surface area contributed by atoms with Crippen LogP contribution in [0.3, 0.4) is 0 Å². The molecule has 2 heterocycles. The highest BCUT2D eigenvalue weighted by atomic mass is 35.5. The van der Waals surface area contributed by atoms with Gasteiger partial charge in [-0.1, -0.05) is 46.6 Å². The Bertz CT molecular complexity index is 1380. The second-order valence-electron chi connectivity index (χ2n) is 7.13. The van der Waals surface area contributed by atoms with Crippen LogP contribution in [0.25, 0.3) is 11.3 Å². The first-order chi connectivity index (χ1) is 16.4. The molecule has 0 spiro atoms. The van der Waals surface area contributed by atoms with Gasteiger partial charge >= 0.3 is 12.4 Å². The number of carbonyl (C=O) groups is 1. The van der Waals surface area contributed by atoms with Crippen LogP contribution < -0.4 is 0 Å². The maximum atomic E-state index is 13.1. The quantitative estimate of drug-likeness (QED) is 0.262. The van der Waals surface area contributed by atoms with Crippen LogP contribution in [0, 0.1) is 0 Å². The van der Waals surface area contributed by atoms with E-state index in [1.807, 2.05) is 0 Å². The van der Waals surface area contributed by atoms with Crippen molar-refractivity contribution in [3.8, 4) is 11.3 Å². The third kappa shape index (κ3) is 5.00. The number of hydrogen-bond donors (Lipinski definition) is 1.